The molecule has 2 aromatic rings. The number of halogens is 3. The Morgan fingerprint density at radius 1 is 1.40 bits per heavy atom. The van der Waals surface area contributed by atoms with Gasteiger partial charge in [-0.05, 0) is 60.3 Å². The van der Waals surface area contributed by atoms with E-state index in [9.17, 15) is 4.79 Å². The number of rotatable bonds is 4. The first-order valence-electron chi connectivity index (χ1n) is 5.86. The summed E-state index contributed by atoms with van der Waals surface area (Å²) in [6.07, 6.45) is 4.37. The van der Waals surface area contributed by atoms with Crippen molar-refractivity contribution in [1.82, 2.24) is 14.5 Å². The molecule has 8 heteroatoms. The molecule has 0 aliphatic rings. The molecule has 0 radical (unpaired) electrons. The maximum absolute atomic E-state index is 12.3. The van der Waals surface area contributed by atoms with Crippen molar-refractivity contribution in [2.45, 2.75) is 19.9 Å². The third-order valence-electron chi connectivity index (χ3n) is 2.49. The molecule has 2 aromatic heterocycles. The minimum Gasteiger partial charge on any atom is -0.342 e. The summed E-state index contributed by atoms with van der Waals surface area (Å²) in [5, 5.41) is 2.74. The second kappa shape index (κ2) is 6.82. The van der Waals surface area contributed by atoms with Crippen LogP contribution < -0.4 is 5.32 Å². The first-order chi connectivity index (χ1) is 9.51. The average Bonchev–Trinajstić information content (AvgIpc) is 2.74. The van der Waals surface area contributed by atoms with Crippen LogP contribution in [0.3, 0.4) is 0 Å². The van der Waals surface area contributed by atoms with Crippen molar-refractivity contribution in [2.75, 3.05) is 5.32 Å². The predicted molar refractivity (Wildman–Crippen MR) is 87.8 cm³/mol. The summed E-state index contributed by atoms with van der Waals surface area (Å²) < 4.78 is 3.85. The van der Waals surface area contributed by atoms with Crippen LogP contribution in [0.25, 0.3) is 0 Å². The van der Waals surface area contributed by atoms with E-state index in [0.717, 1.165) is 17.4 Å². The fourth-order valence-corrected chi connectivity index (χ4v) is 3.07. The number of nitrogens with zero attached hydrogens (tertiary/aromatic N) is 3. The predicted octanol–water partition coefficient (Wildman–Crippen LogP) is 4.23. The minimum absolute atomic E-state index is 0.221. The van der Waals surface area contributed by atoms with Crippen LogP contribution in [0.4, 0.5) is 5.82 Å². The lowest BCUT2D eigenvalue weighted by Gasteiger charge is -2.09. The molecule has 0 aliphatic heterocycles. The summed E-state index contributed by atoms with van der Waals surface area (Å²) >= 11 is 9.87. The fourth-order valence-electron chi connectivity index (χ4n) is 1.69. The van der Waals surface area contributed by atoms with Crippen molar-refractivity contribution in [2.24, 2.45) is 0 Å². The molecular weight excluding hydrogens is 456 g/mol. The van der Waals surface area contributed by atoms with Crippen LogP contribution in [0.2, 0.25) is 0 Å². The molecule has 0 saturated carbocycles. The van der Waals surface area contributed by atoms with Crippen molar-refractivity contribution in [3.63, 3.8) is 0 Å². The summed E-state index contributed by atoms with van der Waals surface area (Å²) in [6.45, 7) is 2.84. The molecule has 0 aliphatic carbocycles. The van der Waals surface area contributed by atoms with E-state index in [0.29, 0.717) is 20.7 Å². The van der Waals surface area contributed by atoms with Crippen molar-refractivity contribution in [3.8, 4) is 0 Å². The van der Waals surface area contributed by atoms with Gasteiger partial charge in [0.25, 0.3) is 5.91 Å². The highest BCUT2D eigenvalue weighted by Gasteiger charge is 2.15. The molecule has 5 nitrogen and oxygen atoms in total. The number of carbonyl (C=O) groups excluding carboxylic acids is 1. The Morgan fingerprint density at radius 3 is 2.80 bits per heavy atom. The number of nitrogens with one attached hydrogen (secondary N) is 1. The maximum atomic E-state index is 12.3. The zero-order valence-electron chi connectivity index (χ0n) is 10.5. The second-order valence-electron chi connectivity index (χ2n) is 4.02. The maximum Gasteiger partial charge on any atom is 0.273 e. The van der Waals surface area contributed by atoms with Gasteiger partial charge < -0.3 is 9.88 Å². The third-order valence-corrected chi connectivity index (χ3v) is 3.86. The number of anilines is 1. The van der Waals surface area contributed by atoms with E-state index >= 15 is 0 Å². The van der Waals surface area contributed by atoms with Crippen LogP contribution in [-0.4, -0.2) is 20.4 Å². The highest BCUT2D eigenvalue weighted by Crippen LogP contribution is 2.21. The lowest BCUT2D eigenvalue weighted by Crippen LogP contribution is -2.18. The highest BCUT2D eigenvalue weighted by molar-refractivity contribution is 9.11. The van der Waals surface area contributed by atoms with Crippen LogP contribution in [0.15, 0.2) is 32.1 Å². The largest absolute Gasteiger partial charge is 0.342 e. The molecule has 2 rings (SSSR count). The first-order valence-corrected chi connectivity index (χ1v) is 8.24. The van der Waals surface area contributed by atoms with Crippen LogP contribution in [0.5, 0.6) is 0 Å². The number of aromatic nitrogens is 3. The number of hydrogen-bond donors (Lipinski definition) is 1. The standard InChI is InChI=1S/C12H11Br3N4O/c1-2-3-19-6-7(13)4-8(19)12(20)18-11-10(15)17-9(14)5-16-11/h4-6H,2-3H2,1H3,(H,16,18,20). The van der Waals surface area contributed by atoms with Crippen LogP contribution in [-0.2, 0) is 6.54 Å². The van der Waals surface area contributed by atoms with Crippen molar-refractivity contribution < 1.29 is 4.79 Å². The van der Waals surface area contributed by atoms with E-state index in [4.69, 9.17) is 0 Å². The minimum atomic E-state index is -0.221. The van der Waals surface area contributed by atoms with Gasteiger partial charge in [0.2, 0.25) is 0 Å². The smallest absolute Gasteiger partial charge is 0.273 e. The molecule has 0 bridgehead atoms. The van der Waals surface area contributed by atoms with Gasteiger partial charge >= 0.3 is 0 Å². The van der Waals surface area contributed by atoms with E-state index in [2.05, 4.69) is 70.0 Å². The van der Waals surface area contributed by atoms with Crippen LogP contribution >= 0.6 is 47.8 Å². The number of carbonyl (C=O) groups is 1. The van der Waals surface area contributed by atoms with E-state index < -0.39 is 0 Å². The van der Waals surface area contributed by atoms with Crippen molar-refractivity contribution >= 4 is 59.5 Å². The Labute approximate surface area is 141 Å². The molecule has 20 heavy (non-hydrogen) atoms. The zero-order valence-corrected chi connectivity index (χ0v) is 15.3. The van der Waals surface area contributed by atoms with Crippen LogP contribution in [0.1, 0.15) is 23.8 Å². The molecule has 0 fully saturated rings. The molecule has 106 valence electrons. The van der Waals surface area contributed by atoms with Gasteiger partial charge in [-0.25, -0.2) is 9.97 Å². The van der Waals surface area contributed by atoms with Gasteiger partial charge in [0.15, 0.2) is 5.82 Å². The summed E-state index contributed by atoms with van der Waals surface area (Å²) in [5.74, 6) is 0.167. The monoisotopic (exact) mass is 464 g/mol. The Bertz CT molecular complexity index is 642. The quantitative estimate of drug-likeness (QED) is 0.733. The first kappa shape index (κ1) is 15.7. The van der Waals surface area contributed by atoms with E-state index in [1.807, 2.05) is 10.8 Å². The van der Waals surface area contributed by atoms with E-state index in [1.54, 1.807) is 6.07 Å². The normalized spacial score (nSPS) is 10.6. The van der Waals surface area contributed by atoms with Gasteiger partial charge in [0.05, 0.1) is 6.20 Å². The highest BCUT2D eigenvalue weighted by atomic mass is 79.9. The molecule has 2 heterocycles. The lowest BCUT2D eigenvalue weighted by atomic mass is 10.3. The van der Waals surface area contributed by atoms with Gasteiger partial charge in [-0.3, -0.25) is 4.79 Å². The Morgan fingerprint density at radius 2 is 2.15 bits per heavy atom. The zero-order chi connectivity index (χ0) is 14.7. The Balaban J connectivity index is 2.23. The van der Waals surface area contributed by atoms with Gasteiger partial charge in [0, 0.05) is 17.2 Å². The fraction of sp³-hybridized carbons (Fsp3) is 0.250. The number of hydrogen-bond acceptors (Lipinski definition) is 3. The molecule has 0 unspecified atom stereocenters. The van der Waals surface area contributed by atoms with E-state index in [-0.39, 0.29) is 5.91 Å². The van der Waals surface area contributed by atoms with Gasteiger partial charge in [-0.15, -0.1) is 0 Å². The van der Waals surface area contributed by atoms with E-state index in [1.165, 1.54) is 6.20 Å². The Kier molecular flexibility index (Phi) is 5.34. The third kappa shape index (κ3) is 3.67. The second-order valence-corrected chi connectivity index (χ2v) is 6.50. The van der Waals surface area contributed by atoms with Gasteiger partial charge in [-0.2, -0.15) is 0 Å². The van der Waals surface area contributed by atoms with Gasteiger partial charge in [0.1, 0.15) is 14.9 Å². The molecule has 1 amide bonds. The number of amides is 1. The summed E-state index contributed by atoms with van der Waals surface area (Å²) in [7, 11) is 0. The molecule has 0 spiro atoms. The van der Waals surface area contributed by atoms with Crippen molar-refractivity contribution in [3.05, 3.63) is 37.8 Å². The topological polar surface area (TPSA) is 59.8 Å². The lowest BCUT2D eigenvalue weighted by molar-refractivity contribution is 0.101. The summed E-state index contributed by atoms with van der Waals surface area (Å²) in [6, 6.07) is 1.78. The SMILES string of the molecule is CCCn1cc(Br)cc1C(=O)Nc1ncc(Br)nc1Br. The Hall–Kier alpha value is -0.730. The number of aryl methyl sites for hydroxylation is 1. The van der Waals surface area contributed by atoms with Crippen molar-refractivity contribution in [1.29, 1.82) is 0 Å². The molecule has 0 aromatic carbocycles. The molecular formula is C12H11Br3N4O. The molecule has 0 saturated heterocycles. The molecule has 1 N–H and O–H groups in total. The molecule has 0 atom stereocenters. The summed E-state index contributed by atoms with van der Waals surface area (Å²) in [5.41, 5.74) is 0.579. The van der Waals surface area contributed by atoms with Crippen LogP contribution in [0, 0.1) is 0 Å². The summed E-state index contributed by atoms with van der Waals surface area (Å²) in [4.78, 5) is 20.5. The average molecular weight is 467 g/mol. The van der Waals surface area contributed by atoms with Gasteiger partial charge in [-0.1, -0.05) is 6.92 Å².